The molecule has 0 spiro atoms. The lowest BCUT2D eigenvalue weighted by molar-refractivity contribution is 0.360. The van der Waals surface area contributed by atoms with Gasteiger partial charge in [0.2, 0.25) is 0 Å². The van der Waals surface area contributed by atoms with Gasteiger partial charge >= 0.3 is 10.4 Å². The smallest absolute Gasteiger partial charge is 0.446 e. The molecule has 0 unspecified atom stereocenters. The van der Waals surface area contributed by atoms with Crippen LogP contribution in [-0.4, -0.2) is 32.1 Å². The minimum Gasteiger partial charge on any atom is -0.493 e. The van der Waals surface area contributed by atoms with Crippen molar-refractivity contribution in [1.29, 1.82) is 0 Å². The molecule has 0 radical (unpaired) electrons. The van der Waals surface area contributed by atoms with E-state index in [0.29, 0.717) is 16.6 Å². The quantitative estimate of drug-likeness (QED) is 0.613. The third kappa shape index (κ3) is 4.18. The number of fused-ring (bicyclic) bond motifs is 1. The largest absolute Gasteiger partial charge is 0.493 e. The summed E-state index contributed by atoms with van der Waals surface area (Å²) in [5, 5.41) is 3.25. The average Bonchev–Trinajstić information content (AvgIpc) is 2.61. The number of benzene rings is 2. The van der Waals surface area contributed by atoms with E-state index in [9.17, 15) is 12.8 Å². The molecule has 27 heavy (non-hydrogen) atoms. The van der Waals surface area contributed by atoms with Crippen molar-refractivity contribution in [3.05, 3.63) is 48.4 Å². The van der Waals surface area contributed by atoms with E-state index in [-0.39, 0.29) is 23.0 Å². The Balaban J connectivity index is 2.07. The van der Waals surface area contributed by atoms with Gasteiger partial charge in [0.15, 0.2) is 23.1 Å². The van der Waals surface area contributed by atoms with Crippen molar-refractivity contribution in [3.8, 4) is 23.0 Å². The molecule has 0 saturated carbocycles. The van der Waals surface area contributed by atoms with E-state index in [2.05, 4.69) is 14.5 Å². The number of hydrogen-bond acceptors (Lipinski definition) is 7. The van der Waals surface area contributed by atoms with Crippen LogP contribution in [0.3, 0.4) is 0 Å². The summed E-state index contributed by atoms with van der Waals surface area (Å²) in [7, 11) is -1.78. The molecule has 3 aromatic rings. The molecule has 0 bridgehead atoms. The Bertz CT molecular complexity index is 1100. The number of nitrogens with one attached hydrogen (secondary N) is 1. The van der Waals surface area contributed by atoms with E-state index < -0.39 is 16.2 Å². The third-order valence-corrected chi connectivity index (χ3v) is 4.01. The first-order valence-corrected chi connectivity index (χ1v) is 8.96. The molecule has 10 heteroatoms. The number of rotatable bonds is 6. The normalized spacial score (nSPS) is 11.3. The van der Waals surface area contributed by atoms with Crippen LogP contribution in [0.1, 0.15) is 0 Å². The molecule has 1 heterocycles. The molecule has 0 aliphatic carbocycles. The maximum atomic E-state index is 14.2. The van der Waals surface area contributed by atoms with Gasteiger partial charge in [-0.25, -0.2) is 4.39 Å². The highest BCUT2D eigenvalue weighted by Crippen LogP contribution is 2.38. The van der Waals surface area contributed by atoms with Crippen LogP contribution in [0, 0.1) is 5.82 Å². The highest BCUT2D eigenvalue weighted by Gasteiger charge is 2.17. The minimum absolute atomic E-state index is 0.00118. The summed E-state index contributed by atoms with van der Waals surface area (Å²) < 4.78 is 60.3. The van der Waals surface area contributed by atoms with E-state index in [1.54, 1.807) is 13.1 Å². The van der Waals surface area contributed by atoms with Crippen molar-refractivity contribution in [2.45, 2.75) is 0 Å². The van der Waals surface area contributed by atoms with Crippen LogP contribution in [0.15, 0.2) is 42.6 Å². The van der Waals surface area contributed by atoms with Gasteiger partial charge in [-0.05, 0) is 24.3 Å². The maximum absolute atomic E-state index is 14.2. The van der Waals surface area contributed by atoms with Gasteiger partial charge in [-0.2, -0.15) is 8.42 Å². The SMILES string of the molecule is CNc1ccc(Oc2ccnc3cc(OS(=O)(=O)O)c(OC)cc23)c(F)c1. The molecule has 0 atom stereocenters. The molecule has 0 aliphatic rings. The molecule has 1 aromatic heterocycles. The van der Waals surface area contributed by atoms with Gasteiger partial charge in [0.05, 0.1) is 12.6 Å². The van der Waals surface area contributed by atoms with Crippen molar-refractivity contribution in [2.24, 2.45) is 0 Å². The number of pyridine rings is 1. The summed E-state index contributed by atoms with van der Waals surface area (Å²) in [6.45, 7) is 0. The molecule has 0 aliphatic heterocycles. The highest BCUT2D eigenvalue weighted by molar-refractivity contribution is 7.81. The number of nitrogens with zero attached hydrogens (tertiary/aromatic N) is 1. The van der Waals surface area contributed by atoms with Crippen LogP contribution < -0.4 is 19.0 Å². The third-order valence-electron chi connectivity index (χ3n) is 3.62. The molecule has 0 fully saturated rings. The average molecular weight is 394 g/mol. The van der Waals surface area contributed by atoms with Gasteiger partial charge in [0.25, 0.3) is 0 Å². The van der Waals surface area contributed by atoms with E-state index >= 15 is 0 Å². The molecule has 2 aromatic carbocycles. The molecule has 142 valence electrons. The van der Waals surface area contributed by atoms with E-state index in [1.807, 2.05) is 0 Å². The first-order valence-electron chi connectivity index (χ1n) is 7.59. The van der Waals surface area contributed by atoms with E-state index in [0.717, 1.165) is 0 Å². The first-order chi connectivity index (χ1) is 12.8. The van der Waals surface area contributed by atoms with Gasteiger partial charge < -0.3 is 19.0 Å². The number of hydrogen-bond donors (Lipinski definition) is 2. The Morgan fingerprint density at radius 2 is 1.85 bits per heavy atom. The van der Waals surface area contributed by atoms with Gasteiger partial charge in [-0.15, -0.1) is 0 Å². The van der Waals surface area contributed by atoms with Crippen molar-refractivity contribution in [1.82, 2.24) is 4.98 Å². The second-order valence-corrected chi connectivity index (χ2v) is 6.36. The summed E-state index contributed by atoms with van der Waals surface area (Å²) in [6.07, 6.45) is 1.40. The number of anilines is 1. The van der Waals surface area contributed by atoms with Gasteiger partial charge in [-0.1, -0.05) is 0 Å². The lowest BCUT2D eigenvalue weighted by Crippen LogP contribution is -2.07. The zero-order valence-corrected chi connectivity index (χ0v) is 15.1. The van der Waals surface area contributed by atoms with Crippen molar-refractivity contribution < 1.29 is 31.0 Å². The maximum Gasteiger partial charge on any atom is 0.446 e. The highest BCUT2D eigenvalue weighted by atomic mass is 32.3. The molecule has 0 amide bonds. The second-order valence-electron chi connectivity index (χ2n) is 5.34. The number of aromatic nitrogens is 1. The van der Waals surface area contributed by atoms with Crippen LogP contribution in [0.4, 0.5) is 10.1 Å². The van der Waals surface area contributed by atoms with Gasteiger partial charge in [-0.3, -0.25) is 9.54 Å². The fourth-order valence-corrected chi connectivity index (χ4v) is 2.77. The van der Waals surface area contributed by atoms with Crippen LogP contribution in [0.5, 0.6) is 23.0 Å². The van der Waals surface area contributed by atoms with Gasteiger partial charge in [0, 0.05) is 36.5 Å². The van der Waals surface area contributed by atoms with E-state index in [1.165, 1.54) is 43.6 Å². The fraction of sp³-hybridized carbons (Fsp3) is 0.118. The number of halogens is 1. The van der Waals surface area contributed by atoms with Crippen molar-refractivity contribution >= 4 is 27.0 Å². The minimum atomic E-state index is -4.74. The lowest BCUT2D eigenvalue weighted by atomic mass is 10.2. The number of methoxy groups -OCH3 is 1. The molecule has 8 nitrogen and oxygen atoms in total. The van der Waals surface area contributed by atoms with Crippen molar-refractivity contribution in [3.63, 3.8) is 0 Å². The monoisotopic (exact) mass is 394 g/mol. The van der Waals surface area contributed by atoms with Crippen LogP contribution in [0.2, 0.25) is 0 Å². The standard InChI is InChI=1S/C17H15FN2O6S/c1-19-10-3-4-15(12(18)7-10)25-14-5-6-20-13-9-17(26-27(21,22)23)16(24-2)8-11(13)14/h3-9,19H,1-2H3,(H,21,22,23). The summed E-state index contributed by atoms with van der Waals surface area (Å²) >= 11 is 0. The van der Waals surface area contributed by atoms with Crippen LogP contribution >= 0.6 is 0 Å². The Hall–Kier alpha value is -3.11. The Kier molecular flexibility index (Phi) is 5.02. The molecular formula is C17H15FN2O6S. The first kappa shape index (κ1) is 18.7. The topological polar surface area (TPSA) is 107 Å². The number of ether oxygens (including phenoxy) is 2. The van der Waals surface area contributed by atoms with Crippen LogP contribution in [-0.2, 0) is 10.4 Å². The summed E-state index contributed by atoms with van der Waals surface area (Å²) in [4.78, 5) is 4.10. The Morgan fingerprint density at radius 3 is 2.48 bits per heavy atom. The van der Waals surface area contributed by atoms with Crippen molar-refractivity contribution in [2.75, 3.05) is 19.5 Å². The predicted molar refractivity (Wildman–Crippen MR) is 96.5 cm³/mol. The second kappa shape index (κ2) is 7.25. The summed E-state index contributed by atoms with van der Waals surface area (Å²) in [5.41, 5.74) is 0.882. The molecule has 0 saturated heterocycles. The fourth-order valence-electron chi connectivity index (χ4n) is 2.41. The zero-order valence-electron chi connectivity index (χ0n) is 14.3. The molecular weight excluding hydrogens is 379 g/mol. The molecule has 3 rings (SSSR count). The summed E-state index contributed by atoms with van der Waals surface area (Å²) in [5.74, 6) is -0.526. The predicted octanol–water partition coefficient (Wildman–Crippen LogP) is 3.40. The van der Waals surface area contributed by atoms with Gasteiger partial charge in [0.1, 0.15) is 5.75 Å². The lowest BCUT2D eigenvalue weighted by Gasteiger charge is -2.13. The molecule has 2 N–H and O–H groups in total. The van der Waals surface area contributed by atoms with E-state index in [4.69, 9.17) is 14.0 Å². The summed E-state index contributed by atoms with van der Waals surface area (Å²) in [6, 6.07) is 8.61. The van der Waals surface area contributed by atoms with Crippen LogP contribution in [0.25, 0.3) is 10.9 Å². The zero-order chi connectivity index (χ0) is 19.6. The Labute approximate surface area is 154 Å². The Morgan fingerprint density at radius 1 is 1.07 bits per heavy atom.